The standard InChI is InChI=1S/C13H13NO4/c1-14-7-10(15)11(13(14)17)12(16)8-3-5-9(18-2)6-4-8/h3-6,16H,7H2,1-2H3/b12-11-. The van der Waals surface area contributed by atoms with E-state index >= 15 is 0 Å². The lowest BCUT2D eigenvalue weighted by molar-refractivity contribution is -0.123. The average molecular weight is 247 g/mol. The molecule has 2 rings (SSSR count). The summed E-state index contributed by atoms with van der Waals surface area (Å²) in [7, 11) is 3.06. The van der Waals surface area contributed by atoms with E-state index in [4.69, 9.17) is 4.74 Å². The van der Waals surface area contributed by atoms with Crippen LogP contribution in [-0.4, -0.2) is 42.4 Å². The molecule has 1 aromatic rings. The van der Waals surface area contributed by atoms with Gasteiger partial charge in [0.2, 0.25) is 0 Å². The SMILES string of the molecule is COc1ccc(/C(O)=C2\C(=O)CN(C)C2=O)cc1. The zero-order valence-electron chi connectivity index (χ0n) is 10.1. The molecule has 0 unspecified atom stereocenters. The molecule has 1 fully saturated rings. The number of ketones is 1. The number of nitrogens with zero attached hydrogens (tertiary/aromatic N) is 1. The minimum atomic E-state index is -0.451. The van der Waals surface area contributed by atoms with Gasteiger partial charge < -0.3 is 14.7 Å². The Morgan fingerprint density at radius 3 is 2.33 bits per heavy atom. The smallest absolute Gasteiger partial charge is 0.261 e. The van der Waals surface area contributed by atoms with Crippen LogP contribution in [0.2, 0.25) is 0 Å². The summed E-state index contributed by atoms with van der Waals surface area (Å²) in [5.41, 5.74) is 0.269. The number of hydrogen-bond acceptors (Lipinski definition) is 4. The van der Waals surface area contributed by atoms with Crippen molar-refractivity contribution in [3.8, 4) is 5.75 Å². The van der Waals surface area contributed by atoms with Gasteiger partial charge in [0, 0.05) is 12.6 Å². The van der Waals surface area contributed by atoms with Gasteiger partial charge in [-0.2, -0.15) is 0 Å². The Bertz CT molecular complexity index is 530. The molecule has 1 saturated heterocycles. The normalized spacial score (nSPS) is 18.2. The van der Waals surface area contributed by atoms with E-state index in [0.717, 1.165) is 0 Å². The van der Waals surface area contributed by atoms with Crippen molar-refractivity contribution in [2.45, 2.75) is 0 Å². The van der Waals surface area contributed by atoms with E-state index < -0.39 is 5.91 Å². The number of amides is 1. The minimum absolute atomic E-state index is 0.00831. The van der Waals surface area contributed by atoms with Crippen LogP contribution >= 0.6 is 0 Å². The quantitative estimate of drug-likeness (QED) is 0.481. The molecule has 5 nitrogen and oxygen atoms in total. The van der Waals surface area contributed by atoms with Crippen LogP contribution in [0.25, 0.3) is 5.76 Å². The van der Waals surface area contributed by atoms with Gasteiger partial charge in [0.05, 0.1) is 13.7 Å². The largest absolute Gasteiger partial charge is 0.506 e. The fourth-order valence-corrected chi connectivity index (χ4v) is 1.80. The molecular formula is C13H13NO4. The Kier molecular flexibility index (Phi) is 3.06. The second kappa shape index (κ2) is 4.52. The molecule has 0 spiro atoms. The molecule has 1 aliphatic heterocycles. The second-order valence-corrected chi connectivity index (χ2v) is 4.04. The van der Waals surface area contributed by atoms with E-state index in [9.17, 15) is 14.7 Å². The Balaban J connectivity index is 2.43. The van der Waals surface area contributed by atoms with Gasteiger partial charge in [-0.1, -0.05) is 0 Å². The van der Waals surface area contributed by atoms with Crippen LogP contribution in [0.15, 0.2) is 29.8 Å². The number of aliphatic hydroxyl groups is 1. The van der Waals surface area contributed by atoms with Gasteiger partial charge >= 0.3 is 0 Å². The predicted octanol–water partition coefficient (Wildman–Crippen LogP) is 1.01. The van der Waals surface area contributed by atoms with Crippen molar-refractivity contribution in [2.75, 3.05) is 20.7 Å². The van der Waals surface area contributed by atoms with Crippen LogP contribution in [0.5, 0.6) is 5.75 Å². The summed E-state index contributed by atoms with van der Waals surface area (Å²) in [4.78, 5) is 24.6. The first-order valence-electron chi connectivity index (χ1n) is 5.41. The number of rotatable bonds is 2. The highest BCUT2D eigenvalue weighted by molar-refractivity contribution is 6.28. The zero-order valence-corrected chi connectivity index (χ0v) is 10.1. The third-order valence-electron chi connectivity index (χ3n) is 2.82. The first-order chi connectivity index (χ1) is 8.54. The Morgan fingerprint density at radius 1 is 1.28 bits per heavy atom. The Morgan fingerprint density at radius 2 is 1.89 bits per heavy atom. The predicted molar refractivity (Wildman–Crippen MR) is 65.2 cm³/mol. The molecule has 5 heteroatoms. The van der Waals surface area contributed by atoms with Gasteiger partial charge in [-0.05, 0) is 24.3 Å². The number of likely N-dealkylation sites (N-methyl/N-ethyl adjacent to an activating group) is 1. The molecule has 18 heavy (non-hydrogen) atoms. The summed E-state index contributed by atoms with van der Waals surface area (Å²) in [5.74, 6) is -0.459. The van der Waals surface area contributed by atoms with Crippen molar-refractivity contribution >= 4 is 17.4 Å². The molecule has 1 aromatic carbocycles. The number of aliphatic hydroxyl groups excluding tert-OH is 1. The lowest BCUT2D eigenvalue weighted by atomic mass is 10.1. The fourth-order valence-electron chi connectivity index (χ4n) is 1.80. The molecule has 1 amide bonds. The molecule has 0 radical (unpaired) electrons. The fraction of sp³-hybridized carbons (Fsp3) is 0.231. The number of Topliss-reactive ketones (excluding diaryl/α,β-unsaturated/α-hetero) is 1. The summed E-state index contributed by atoms with van der Waals surface area (Å²) < 4.78 is 4.99. The third kappa shape index (κ3) is 1.95. The van der Waals surface area contributed by atoms with Crippen LogP contribution < -0.4 is 4.74 Å². The molecule has 0 aromatic heterocycles. The molecule has 0 saturated carbocycles. The van der Waals surface area contributed by atoms with Crippen LogP contribution in [0.3, 0.4) is 0 Å². The molecule has 1 heterocycles. The van der Waals surface area contributed by atoms with Crippen molar-refractivity contribution in [2.24, 2.45) is 0 Å². The first kappa shape index (κ1) is 12.2. The average Bonchev–Trinajstić information content (AvgIpc) is 2.63. The maximum absolute atomic E-state index is 11.7. The van der Waals surface area contributed by atoms with Crippen LogP contribution in [-0.2, 0) is 9.59 Å². The van der Waals surface area contributed by atoms with Crippen molar-refractivity contribution in [1.82, 2.24) is 4.90 Å². The highest BCUT2D eigenvalue weighted by atomic mass is 16.5. The molecular weight excluding hydrogens is 234 g/mol. The van der Waals surface area contributed by atoms with Crippen molar-refractivity contribution in [1.29, 1.82) is 0 Å². The maximum atomic E-state index is 11.7. The summed E-state index contributed by atoms with van der Waals surface area (Å²) in [6, 6.07) is 6.50. The van der Waals surface area contributed by atoms with E-state index in [1.54, 1.807) is 24.3 Å². The highest BCUT2D eigenvalue weighted by Gasteiger charge is 2.34. The van der Waals surface area contributed by atoms with Crippen LogP contribution in [0.1, 0.15) is 5.56 Å². The molecule has 0 aliphatic carbocycles. The molecule has 1 N–H and O–H groups in total. The van der Waals surface area contributed by atoms with E-state index in [1.165, 1.54) is 19.1 Å². The molecule has 94 valence electrons. The van der Waals surface area contributed by atoms with E-state index in [2.05, 4.69) is 0 Å². The molecule has 1 aliphatic rings. The van der Waals surface area contributed by atoms with Crippen LogP contribution in [0, 0.1) is 0 Å². The van der Waals surface area contributed by atoms with Crippen molar-refractivity contribution in [3.05, 3.63) is 35.4 Å². The monoisotopic (exact) mass is 247 g/mol. The minimum Gasteiger partial charge on any atom is -0.506 e. The Labute approximate surface area is 104 Å². The number of carbonyl (C=O) groups is 2. The first-order valence-corrected chi connectivity index (χ1v) is 5.41. The second-order valence-electron chi connectivity index (χ2n) is 4.04. The highest BCUT2D eigenvalue weighted by Crippen LogP contribution is 2.23. The number of carbonyl (C=O) groups excluding carboxylic acids is 2. The van der Waals surface area contributed by atoms with Gasteiger partial charge in [-0.15, -0.1) is 0 Å². The van der Waals surface area contributed by atoms with Crippen molar-refractivity contribution < 1.29 is 19.4 Å². The van der Waals surface area contributed by atoms with E-state index in [1.807, 2.05) is 0 Å². The Hall–Kier alpha value is -2.30. The van der Waals surface area contributed by atoms with E-state index in [0.29, 0.717) is 11.3 Å². The number of benzene rings is 1. The van der Waals surface area contributed by atoms with E-state index in [-0.39, 0.29) is 23.7 Å². The topological polar surface area (TPSA) is 66.8 Å². The number of methoxy groups -OCH3 is 1. The van der Waals surface area contributed by atoms with Gasteiger partial charge in [0.15, 0.2) is 5.78 Å². The lowest BCUT2D eigenvalue weighted by Gasteiger charge is -2.06. The summed E-state index contributed by atoms with van der Waals surface area (Å²) in [5, 5.41) is 10.0. The van der Waals surface area contributed by atoms with Crippen molar-refractivity contribution in [3.63, 3.8) is 0 Å². The molecule has 0 atom stereocenters. The number of likely N-dealkylation sites (tertiary alicyclic amines) is 1. The maximum Gasteiger partial charge on any atom is 0.261 e. The van der Waals surface area contributed by atoms with Gasteiger partial charge in [0.25, 0.3) is 5.91 Å². The number of ether oxygens (including phenoxy) is 1. The van der Waals surface area contributed by atoms with Crippen LogP contribution in [0.4, 0.5) is 0 Å². The third-order valence-corrected chi connectivity index (χ3v) is 2.82. The molecule has 0 bridgehead atoms. The lowest BCUT2D eigenvalue weighted by Crippen LogP contribution is -2.19. The summed E-state index contributed by atoms with van der Waals surface area (Å²) in [6.07, 6.45) is 0. The summed E-state index contributed by atoms with van der Waals surface area (Å²) >= 11 is 0. The van der Waals surface area contributed by atoms with Gasteiger partial charge in [-0.3, -0.25) is 9.59 Å². The van der Waals surface area contributed by atoms with Gasteiger partial charge in [0.1, 0.15) is 17.1 Å². The number of hydrogen-bond donors (Lipinski definition) is 1. The summed E-state index contributed by atoms with van der Waals surface area (Å²) in [6.45, 7) is 0.00831. The zero-order chi connectivity index (χ0) is 13.3. The van der Waals surface area contributed by atoms with Gasteiger partial charge in [-0.25, -0.2) is 0 Å².